The van der Waals surface area contributed by atoms with Gasteiger partial charge in [-0.25, -0.2) is 4.98 Å². The lowest BCUT2D eigenvalue weighted by atomic mass is 10.1. The number of thiazole rings is 1. The summed E-state index contributed by atoms with van der Waals surface area (Å²) in [5.41, 5.74) is 2.48. The molecule has 0 atom stereocenters. The number of nitro groups is 1. The van der Waals surface area contributed by atoms with E-state index in [1.165, 1.54) is 23.5 Å². The van der Waals surface area contributed by atoms with E-state index in [1.54, 1.807) is 30.7 Å². The number of rotatable bonds is 5. The molecule has 0 saturated heterocycles. The van der Waals surface area contributed by atoms with Crippen LogP contribution in [-0.4, -0.2) is 17.0 Å². The molecule has 0 radical (unpaired) electrons. The smallest absolute Gasteiger partial charge is 0.270 e. The molecule has 0 spiro atoms. The minimum absolute atomic E-state index is 0.00415. The summed E-state index contributed by atoms with van der Waals surface area (Å²) in [5.74, 6) is 0.701. The van der Waals surface area contributed by atoms with E-state index in [-0.39, 0.29) is 5.69 Å². The van der Waals surface area contributed by atoms with Crippen molar-refractivity contribution in [3.63, 3.8) is 0 Å². The summed E-state index contributed by atoms with van der Waals surface area (Å²) < 4.78 is 5.19. The van der Waals surface area contributed by atoms with Crippen molar-refractivity contribution < 1.29 is 9.66 Å². The maximum absolute atomic E-state index is 10.9. The summed E-state index contributed by atoms with van der Waals surface area (Å²) in [4.78, 5) is 14.9. The molecule has 0 aliphatic carbocycles. The molecule has 3 rings (SSSR count). The van der Waals surface area contributed by atoms with E-state index in [9.17, 15) is 15.4 Å². The van der Waals surface area contributed by atoms with Gasteiger partial charge < -0.3 is 4.74 Å². The van der Waals surface area contributed by atoms with Gasteiger partial charge in [0.25, 0.3) is 5.69 Å². The quantitative estimate of drug-likeness (QED) is 0.369. The SMILES string of the molecule is COc1cccc(/C=C(\C#N)c2nc(-c3cccc([N+](=O)[O-])c3)cs2)c1. The average molecular weight is 363 g/mol. The summed E-state index contributed by atoms with van der Waals surface area (Å²) >= 11 is 1.32. The molecule has 6 nitrogen and oxygen atoms in total. The molecule has 26 heavy (non-hydrogen) atoms. The second kappa shape index (κ2) is 7.59. The van der Waals surface area contributed by atoms with Crippen LogP contribution in [0.15, 0.2) is 53.9 Å². The van der Waals surface area contributed by atoms with Crippen LogP contribution in [0.5, 0.6) is 5.75 Å². The minimum Gasteiger partial charge on any atom is -0.497 e. The van der Waals surface area contributed by atoms with Crippen LogP contribution in [0, 0.1) is 21.4 Å². The van der Waals surface area contributed by atoms with Crippen molar-refractivity contribution in [2.75, 3.05) is 7.11 Å². The van der Waals surface area contributed by atoms with Gasteiger partial charge in [0.2, 0.25) is 0 Å². The predicted molar refractivity (Wildman–Crippen MR) is 101 cm³/mol. The van der Waals surface area contributed by atoms with Gasteiger partial charge in [0, 0.05) is 23.1 Å². The molecule has 0 unspecified atom stereocenters. The molecular formula is C19H13N3O3S. The van der Waals surface area contributed by atoms with E-state index in [0.717, 1.165) is 5.56 Å². The Hall–Kier alpha value is -3.50. The number of ether oxygens (including phenoxy) is 1. The molecule has 128 valence electrons. The van der Waals surface area contributed by atoms with Crippen molar-refractivity contribution in [3.8, 4) is 23.1 Å². The molecule has 2 aromatic carbocycles. The number of hydrogen-bond acceptors (Lipinski definition) is 6. The van der Waals surface area contributed by atoms with Crippen molar-refractivity contribution in [2.24, 2.45) is 0 Å². The molecule has 0 saturated carbocycles. The first-order valence-electron chi connectivity index (χ1n) is 7.57. The second-order valence-corrected chi connectivity index (χ2v) is 6.15. The Labute approximate surface area is 153 Å². The lowest BCUT2D eigenvalue weighted by Gasteiger charge is -2.01. The topological polar surface area (TPSA) is 89.0 Å². The molecule has 0 amide bonds. The van der Waals surface area contributed by atoms with Crippen LogP contribution in [0.1, 0.15) is 10.6 Å². The zero-order chi connectivity index (χ0) is 18.5. The fraction of sp³-hybridized carbons (Fsp3) is 0.0526. The number of aromatic nitrogens is 1. The summed E-state index contributed by atoms with van der Waals surface area (Å²) in [7, 11) is 1.58. The van der Waals surface area contributed by atoms with Crippen molar-refractivity contribution in [2.45, 2.75) is 0 Å². The third kappa shape index (κ3) is 3.77. The number of nitro benzene ring substituents is 1. The molecule has 0 fully saturated rings. The predicted octanol–water partition coefficient (Wildman–Crippen LogP) is 4.79. The van der Waals surface area contributed by atoms with Gasteiger partial charge in [0.15, 0.2) is 0 Å². The van der Waals surface area contributed by atoms with Gasteiger partial charge in [-0.1, -0.05) is 24.3 Å². The molecule has 3 aromatic rings. The Balaban J connectivity index is 1.94. The van der Waals surface area contributed by atoms with E-state index in [1.807, 2.05) is 24.3 Å². The van der Waals surface area contributed by atoms with E-state index in [4.69, 9.17) is 4.74 Å². The highest BCUT2D eigenvalue weighted by Gasteiger charge is 2.12. The minimum atomic E-state index is -0.444. The average Bonchev–Trinajstić information content (AvgIpc) is 3.16. The van der Waals surface area contributed by atoms with E-state index >= 15 is 0 Å². The maximum Gasteiger partial charge on any atom is 0.270 e. The first-order valence-corrected chi connectivity index (χ1v) is 8.45. The van der Waals surface area contributed by atoms with E-state index in [0.29, 0.717) is 27.6 Å². The Morgan fingerprint density at radius 3 is 2.85 bits per heavy atom. The first-order chi connectivity index (χ1) is 12.6. The van der Waals surface area contributed by atoms with Crippen molar-refractivity contribution in [3.05, 3.63) is 74.6 Å². The third-order valence-corrected chi connectivity index (χ3v) is 4.49. The van der Waals surface area contributed by atoms with Gasteiger partial charge in [0.05, 0.1) is 23.3 Å². The number of hydrogen-bond donors (Lipinski definition) is 0. The zero-order valence-corrected chi connectivity index (χ0v) is 14.6. The number of nitrogens with zero attached hydrogens (tertiary/aromatic N) is 3. The lowest BCUT2D eigenvalue weighted by molar-refractivity contribution is -0.384. The number of non-ortho nitro benzene ring substituents is 1. The second-order valence-electron chi connectivity index (χ2n) is 5.29. The fourth-order valence-corrected chi connectivity index (χ4v) is 3.14. The van der Waals surface area contributed by atoms with Crippen LogP contribution >= 0.6 is 11.3 Å². The third-order valence-electron chi connectivity index (χ3n) is 3.61. The molecule has 0 aliphatic rings. The van der Waals surface area contributed by atoms with Crippen LogP contribution in [0.3, 0.4) is 0 Å². The number of nitriles is 1. The van der Waals surface area contributed by atoms with Gasteiger partial charge in [-0.05, 0) is 23.8 Å². The molecule has 7 heteroatoms. The van der Waals surface area contributed by atoms with Gasteiger partial charge in [-0.3, -0.25) is 10.1 Å². The standard InChI is InChI=1S/C19H13N3O3S/c1-25-17-7-2-4-13(9-17)8-15(11-20)19-21-18(12-26-19)14-5-3-6-16(10-14)22(23)24/h2-10,12H,1H3/b15-8+. The lowest BCUT2D eigenvalue weighted by Crippen LogP contribution is -1.88. The highest BCUT2D eigenvalue weighted by Crippen LogP contribution is 2.29. The fourth-order valence-electron chi connectivity index (χ4n) is 2.35. The number of allylic oxidation sites excluding steroid dienone is 1. The molecular weight excluding hydrogens is 350 g/mol. The highest BCUT2D eigenvalue weighted by molar-refractivity contribution is 7.11. The Bertz CT molecular complexity index is 1030. The van der Waals surface area contributed by atoms with Crippen molar-refractivity contribution in [1.29, 1.82) is 5.26 Å². The zero-order valence-electron chi connectivity index (χ0n) is 13.7. The van der Waals surface area contributed by atoms with Gasteiger partial charge in [0.1, 0.15) is 16.8 Å². The number of benzene rings is 2. The van der Waals surface area contributed by atoms with Crippen LogP contribution in [0.4, 0.5) is 5.69 Å². The highest BCUT2D eigenvalue weighted by atomic mass is 32.1. The monoisotopic (exact) mass is 363 g/mol. The van der Waals surface area contributed by atoms with E-state index < -0.39 is 4.92 Å². The van der Waals surface area contributed by atoms with Crippen LogP contribution < -0.4 is 4.74 Å². The summed E-state index contributed by atoms with van der Waals surface area (Å²) in [6.45, 7) is 0. The molecule has 1 aromatic heterocycles. The summed E-state index contributed by atoms with van der Waals surface area (Å²) in [6, 6.07) is 15.8. The molecule has 0 bridgehead atoms. The normalized spacial score (nSPS) is 11.0. The molecule has 0 N–H and O–H groups in total. The van der Waals surface area contributed by atoms with Crippen LogP contribution in [0.25, 0.3) is 22.9 Å². The summed E-state index contributed by atoms with van der Waals surface area (Å²) in [6.07, 6.45) is 1.73. The van der Waals surface area contributed by atoms with Gasteiger partial charge >= 0.3 is 0 Å². The Morgan fingerprint density at radius 1 is 1.31 bits per heavy atom. The maximum atomic E-state index is 10.9. The van der Waals surface area contributed by atoms with Crippen molar-refractivity contribution in [1.82, 2.24) is 4.98 Å². The van der Waals surface area contributed by atoms with Gasteiger partial charge in [-0.2, -0.15) is 5.26 Å². The van der Waals surface area contributed by atoms with Crippen LogP contribution in [-0.2, 0) is 0 Å². The summed E-state index contributed by atoms with van der Waals surface area (Å²) in [5, 5.41) is 22.8. The Kier molecular flexibility index (Phi) is 5.06. The molecule has 1 heterocycles. The number of methoxy groups -OCH3 is 1. The molecule has 0 aliphatic heterocycles. The van der Waals surface area contributed by atoms with Gasteiger partial charge in [-0.15, -0.1) is 11.3 Å². The Morgan fingerprint density at radius 2 is 2.12 bits per heavy atom. The first kappa shape index (κ1) is 17.3. The largest absolute Gasteiger partial charge is 0.497 e. The van der Waals surface area contributed by atoms with Crippen molar-refractivity contribution >= 4 is 28.7 Å². The van der Waals surface area contributed by atoms with Crippen LogP contribution in [0.2, 0.25) is 0 Å². The van der Waals surface area contributed by atoms with E-state index in [2.05, 4.69) is 11.1 Å².